The van der Waals surface area contributed by atoms with Crippen molar-refractivity contribution in [1.29, 1.82) is 0 Å². The maximum Gasteiger partial charge on any atom is 0.290 e. The van der Waals surface area contributed by atoms with Crippen molar-refractivity contribution >= 4 is 45.9 Å². The number of rotatable bonds is 5. The molecule has 0 bridgehead atoms. The van der Waals surface area contributed by atoms with Crippen LogP contribution in [-0.2, 0) is 4.79 Å². The van der Waals surface area contributed by atoms with Gasteiger partial charge in [-0.1, -0.05) is 13.3 Å². The molecule has 124 valence electrons. The van der Waals surface area contributed by atoms with Gasteiger partial charge in [0, 0.05) is 30.4 Å². The third-order valence-electron chi connectivity index (χ3n) is 3.42. The monoisotopic (exact) mass is 345 g/mol. The van der Waals surface area contributed by atoms with Crippen LogP contribution in [0.4, 0.5) is 4.79 Å². The van der Waals surface area contributed by atoms with Gasteiger partial charge < -0.3 is 9.73 Å². The van der Waals surface area contributed by atoms with Crippen molar-refractivity contribution in [3.8, 4) is 0 Å². The number of amides is 3. The van der Waals surface area contributed by atoms with E-state index in [2.05, 4.69) is 15.6 Å². The molecule has 8 heteroatoms. The lowest BCUT2D eigenvalue weighted by Gasteiger charge is -2.04. The van der Waals surface area contributed by atoms with Crippen LogP contribution in [0.2, 0.25) is 0 Å². The Kier molecular flexibility index (Phi) is 4.66. The van der Waals surface area contributed by atoms with Crippen molar-refractivity contribution in [3.05, 3.63) is 34.7 Å². The van der Waals surface area contributed by atoms with Gasteiger partial charge in [0.15, 0.2) is 5.58 Å². The van der Waals surface area contributed by atoms with Crippen molar-refractivity contribution in [1.82, 2.24) is 15.6 Å². The standard InChI is InChI=1S/C16H15N3O4S/c1-2-3-4-18-14(20)11-8-17-7-9-5-10(23-13(9)11)6-12-15(21)19-16(22)24-12/h5-8H,2-4H2,1H3,(H,18,20)(H,19,21,22)/b12-6+. The fourth-order valence-corrected chi connectivity index (χ4v) is 2.90. The number of fused-ring (bicyclic) bond motifs is 1. The lowest BCUT2D eigenvalue weighted by molar-refractivity contribution is -0.115. The first-order valence-electron chi connectivity index (χ1n) is 7.49. The van der Waals surface area contributed by atoms with Gasteiger partial charge in [0.25, 0.3) is 17.1 Å². The van der Waals surface area contributed by atoms with E-state index >= 15 is 0 Å². The summed E-state index contributed by atoms with van der Waals surface area (Å²) in [6.07, 6.45) is 6.38. The van der Waals surface area contributed by atoms with Gasteiger partial charge in [-0.2, -0.15) is 0 Å². The molecule has 1 fully saturated rings. The lowest BCUT2D eigenvalue weighted by Crippen LogP contribution is -2.24. The molecule has 7 nitrogen and oxygen atoms in total. The second-order valence-electron chi connectivity index (χ2n) is 5.22. The lowest BCUT2D eigenvalue weighted by atomic mass is 10.2. The average Bonchev–Trinajstić information content (AvgIpc) is 3.09. The first-order valence-corrected chi connectivity index (χ1v) is 8.30. The van der Waals surface area contributed by atoms with Crippen molar-refractivity contribution in [3.63, 3.8) is 0 Å². The number of thioether (sulfide) groups is 1. The molecule has 1 aliphatic heterocycles. The molecule has 0 radical (unpaired) electrons. The molecule has 1 saturated heterocycles. The predicted molar refractivity (Wildman–Crippen MR) is 90.4 cm³/mol. The van der Waals surface area contributed by atoms with E-state index < -0.39 is 11.1 Å². The first kappa shape index (κ1) is 16.3. The minimum absolute atomic E-state index is 0.251. The molecule has 0 spiro atoms. The molecule has 0 atom stereocenters. The summed E-state index contributed by atoms with van der Waals surface area (Å²) >= 11 is 0.809. The highest BCUT2D eigenvalue weighted by Crippen LogP contribution is 2.29. The van der Waals surface area contributed by atoms with E-state index in [1.54, 1.807) is 12.3 Å². The first-order chi connectivity index (χ1) is 11.6. The van der Waals surface area contributed by atoms with E-state index in [9.17, 15) is 14.4 Å². The molecular weight excluding hydrogens is 330 g/mol. The quantitative estimate of drug-likeness (QED) is 0.638. The summed E-state index contributed by atoms with van der Waals surface area (Å²) in [5.41, 5.74) is 0.744. The number of carbonyl (C=O) groups is 3. The molecule has 3 amide bonds. The molecule has 0 saturated carbocycles. The minimum atomic E-state index is -0.457. The molecular formula is C16H15N3O4S. The number of imide groups is 1. The fraction of sp³-hybridized carbons (Fsp3) is 0.250. The molecule has 2 aromatic rings. The SMILES string of the molecule is CCCCNC(=O)c1cncc2cc(/C=C3/SC(=O)NC3=O)oc12. The molecule has 0 unspecified atom stereocenters. The molecule has 2 N–H and O–H groups in total. The van der Waals surface area contributed by atoms with Crippen molar-refractivity contribution in [2.75, 3.05) is 6.54 Å². The summed E-state index contributed by atoms with van der Waals surface area (Å²) in [6.45, 7) is 2.63. The highest BCUT2D eigenvalue weighted by molar-refractivity contribution is 8.18. The minimum Gasteiger partial charge on any atom is -0.456 e. The van der Waals surface area contributed by atoms with Crippen LogP contribution in [0.5, 0.6) is 0 Å². The number of furan rings is 1. The Labute approximate surface area is 141 Å². The zero-order chi connectivity index (χ0) is 17.1. The number of unbranched alkanes of at least 4 members (excludes halogenated alkanes) is 1. The van der Waals surface area contributed by atoms with Crippen LogP contribution in [0.1, 0.15) is 35.9 Å². The number of nitrogens with one attached hydrogen (secondary N) is 2. The molecule has 3 heterocycles. The number of hydrogen-bond donors (Lipinski definition) is 2. The number of nitrogens with zero attached hydrogens (tertiary/aromatic N) is 1. The Morgan fingerprint density at radius 1 is 1.42 bits per heavy atom. The molecule has 0 aliphatic carbocycles. The summed E-state index contributed by atoms with van der Waals surface area (Å²) in [6, 6.07) is 1.68. The summed E-state index contributed by atoms with van der Waals surface area (Å²) in [7, 11) is 0. The number of aromatic nitrogens is 1. The maximum absolute atomic E-state index is 12.2. The third-order valence-corrected chi connectivity index (χ3v) is 4.23. The van der Waals surface area contributed by atoms with Gasteiger partial charge in [-0.05, 0) is 24.2 Å². The van der Waals surface area contributed by atoms with Crippen LogP contribution in [0.3, 0.4) is 0 Å². The number of carbonyl (C=O) groups excluding carboxylic acids is 3. The molecule has 3 rings (SSSR count). The Bertz CT molecular complexity index is 856. The second-order valence-corrected chi connectivity index (χ2v) is 6.23. The molecule has 0 aromatic carbocycles. The van der Waals surface area contributed by atoms with Gasteiger partial charge in [0.2, 0.25) is 0 Å². The van der Waals surface area contributed by atoms with E-state index in [1.165, 1.54) is 12.3 Å². The van der Waals surface area contributed by atoms with Crippen LogP contribution in [0.25, 0.3) is 17.0 Å². The Hall–Kier alpha value is -2.61. The number of pyridine rings is 1. The summed E-state index contributed by atoms with van der Waals surface area (Å²) in [4.78, 5) is 39.3. The summed E-state index contributed by atoms with van der Waals surface area (Å²) in [5.74, 6) is -0.327. The topological polar surface area (TPSA) is 101 Å². The largest absolute Gasteiger partial charge is 0.456 e. The summed E-state index contributed by atoms with van der Waals surface area (Å²) < 4.78 is 5.69. The van der Waals surface area contributed by atoms with Crippen LogP contribution in [0, 0.1) is 0 Å². The highest BCUT2D eigenvalue weighted by atomic mass is 32.2. The number of hydrogen-bond acceptors (Lipinski definition) is 6. The zero-order valence-corrected chi connectivity index (χ0v) is 13.7. The second kappa shape index (κ2) is 6.88. The van der Waals surface area contributed by atoms with Gasteiger partial charge in [0.1, 0.15) is 11.3 Å². The smallest absolute Gasteiger partial charge is 0.290 e. The van der Waals surface area contributed by atoms with E-state index in [0.717, 1.165) is 24.6 Å². The van der Waals surface area contributed by atoms with Crippen LogP contribution < -0.4 is 10.6 Å². The van der Waals surface area contributed by atoms with E-state index in [1.807, 2.05) is 6.92 Å². The van der Waals surface area contributed by atoms with Crippen molar-refractivity contribution in [2.24, 2.45) is 0 Å². The van der Waals surface area contributed by atoms with Crippen LogP contribution in [0.15, 0.2) is 27.8 Å². The third kappa shape index (κ3) is 3.33. The Balaban J connectivity index is 1.90. The normalized spacial score (nSPS) is 16.0. The van der Waals surface area contributed by atoms with Crippen LogP contribution >= 0.6 is 11.8 Å². The Morgan fingerprint density at radius 3 is 2.96 bits per heavy atom. The fourth-order valence-electron chi connectivity index (χ4n) is 2.24. The average molecular weight is 345 g/mol. The van der Waals surface area contributed by atoms with E-state index in [4.69, 9.17) is 4.42 Å². The maximum atomic E-state index is 12.2. The van der Waals surface area contributed by atoms with Crippen molar-refractivity contribution in [2.45, 2.75) is 19.8 Å². The molecule has 1 aliphatic rings. The van der Waals surface area contributed by atoms with E-state index in [-0.39, 0.29) is 10.8 Å². The van der Waals surface area contributed by atoms with Gasteiger partial charge >= 0.3 is 0 Å². The van der Waals surface area contributed by atoms with Crippen molar-refractivity contribution < 1.29 is 18.8 Å². The molecule has 24 heavy (non-hydrogen) atoms. The van der Waals surface area contributed by atoms with Gasteiger partial charge in [-0.15, -0.1) is 0 Å². The summed E-state index contributed by atoms with van der Waals surface area (Å²) in [5, 5.41) is 5.23. The van der Waals surface area contributed by atoms with Gasteiger partial charge in [-0.3, -0.25) is 24.7 Å². The molecule has 2 aromatic heterocycles. The predicted octanol–water partition coefficient (Wildman–Crippen LogP) is 2.68. The van der Waals surface area contributed by atoms with E-state index in [0.29, 0.717) is 28.8 Å². The zero-order valence-electron chi connectivity index (χ0n) is 12.9. The highest BCUT2D eigenvalue weighted by Gasteiger charge is 2.25. The Morgan fingerprint density at radius 2 is 2.25 bits per heavy atom. The van der Waals surface area contributed by atoms with Gasteiger partial charge in [-0.25, -0.2) is 0 Å². The van der Waals surface area contributed by atoms with Crippen LogP contribution in [-0.4, -0.2) is 28.6 Å². The van der Waals surface area contributed by atoms with Gasteiger partial charge in [0.05, 0.1) is 4.91 Å².